The van der Waals surface area contributed by atoms with Crippen LogP contribution in [0.4, 0.5) is 0 Å². The van der Waals surface area contributed by atoms with Crippen molar-refractivity contribution in [2.75, 3.05) is 26.5 Å². The van der Waals surface area contributed by atoms with Gasteiger partial charge in [-0.15, -0.1) is 11.8 Å². The molecule has 0 saturated heterocycles. The topological polar surface area (TPSA) is 21.3 Å². The van der Waals surface area contributed by atoms with Crippen LogP contribution in [0.5, 0.6) is 0 Å². The Balaban J connectivity index is 2.46. The third-order valence-electron chi connectivity index (χ3n) is 3.09. The fourth-order valence-electron chi connectivity index (χ4n) is 1.78. The minimum Gasteiger partial charge on any atom is -0.385 e. The van der Waals surface area contributed by atoms with E-state index in [2.05, 4.69) is 18.3 Å². The number of hydrogen-bond acceptors (Lipinski definition) is 3. The number of methoxy groups -OCH3 is 1. The molecule has 0 saturated carbocycles. The van der Waals surface area contributed by atoms with Crippen molar-refractivity contribution in [3.63, 3.8) is 0 Å². The number of ether oxygens (including phenoxy) is 1. The number of nitrogens with one attached hydrogen (secondary N) is 1. The van der Waals surface area contributed by atoms with Crippen molar-refractivity contribution in [3.05, 3.63) is 29.3 Å². The highest BCUT2D eigenvalue weighted by atomic mass is 35.5. The van der Waals surface area contributed by atoms with Crippen molar-refractivity contribution in [1.82, 2.24) is 5.32 Å². The summed E-state index contributed by atoms with van der Waals surface area (Å²) in [6.45, 7) is 3.07. The molecule has 0 aliphatic heterocycles. The maximum absolute atomic E-state index is 6.15. The fraction of sp³-hybridized carbons (Fsp3) is 0.571. The molecule has 0 aliphatic carbocycles. The van der Waals surface area contributed by atoms with Crippen LogP contribution in [0.1, 0.15) is 13.3 Å². The van der Waals surface area contributed by atoms with Crippen molar-refractivity contribution >= 4 is 23.4 Å². The highest BCUT2D eigenvalue weighted by Gasteiger charge is 2.15. The zero-order chi connectivity index (χ0) is 13.4. The number of thioether (sulfide) groups is 1. The molecule has 1 N–H and O–H groups in total. The molecule has 1 aromatic rings. The second-order valence-corrected chi connectivity index (χ2v) is 5.86. The van der Waals surface area contributed by atoms with Crippen LogP contribution in [0, 0.1) is 5.92 Å². The van der Waals surface area contributed by atoms with Crippen LogP contribution >= 0.6 is 23.4 Å². The molecule has 0 amide bonds. The molecule has 102 valence electrons. The van der Waals surface area contributed by atoms with Crippen molar-refractivity contribution in [1.29, 1.82) is 0 Å². The minimum absolute atomic E-state index is 0.474. The van der Waals surface area contributed by atoms with E-state index in [0.717, 1.165) is 28.7 Å². The fourth-order valence-corrected chi connectivity index (χ4v) is 3.31. The second kappa shape index (κ2) is 8.81. The molecular weight excluding hydrogens is 266 g/mol. The number of benzene rings is 1. The Morgan fingerprint density at radius 3 is 2.72 bits per heavy atom. The molecule has 4 heteroatoms. The zero-order valence-corrected chi connectivity index (χ0v) is 12.9. The molecule has 0 aliphatic rings. The Hall–Kier alpha value is -0.220. The number of halogens is 1. The molecule has 18 heavy (non-hydrogen) atoms. The molecule has 1 rings (SSSR count). The smallest absolute Gasteiger partial charge is 0.0541 e. The second-order valence-electron chi connectivity index (χ2n) is 4.40. The van der Waals surface area contributed by atoms with E-state index in [4.69, 9.17) is 16.3 Å². The Labute approximate surface area is 119 Å². The van der Waals surface area contributed by atoms with Crippen LogP contribution in [-0.4, -0.2) is 32.6 Å². The van der Waals surface area contributed by atoms with Gasteiger partial charge in [-0.05, 0) is 31.5 Å². The first-order chi connectivity index (χ1) is 8.69. The predicted molar refractivity (Wildman–Crippen MR) is 80.7 cm³/mol. The first-order valence-electron chi connectivity index (χ1n) is 6.22. The van der Waals surface area contributed by atoms with E-state index in [9.17, 15) is 0 Å². The standard InChI is InChI=1S/C14H22ClNOS/c1-11(8-9-17-3)13(16-2)10-18-14-7-5-4-6-12(14)15/h4-7,11,13,16H,8-10H2,1-3H3. The minimum atomic E-state index is 0.474. The van der Waals surface area contributed by atoms with Gasteiger partial charge < -0.3 is 10.1 Å². The Kier molecular flexibility index (Phi) is 7.75. The molecule has 0 bridgehead atoms. The van der Waals surface area contributed by atoms with Crippen LogP contribution < -0.4 is 5.32 Å². The molecule has 0 spiro atoms. The summed E-state index contributed by atoms with van der Waals surface area (Å²) in [5, 5.41) is 4.22. The van der Waals surface area contributed by atoms with Crippen LogP contribution in [0.25, 0.3) is 0 Å². The molecule has 2 unspecified atom stereocenters. The zero-order valence-electron chi connectivity index (χ0n) is 11.3. The number of hydrogen-bond donors (Lipinski definition) is 1. The van der Waals surface area contributed by atoms with E-state index in [0.29, 0.717) is 12.0 Å². The lowest BCUT2D eigenvalue weighted by molar-refractivity contribution is 0.173. The highest BCUT2D eigenvalue weighted by molar-refractivity contribution is 7.99. The van der Waals surface area contributed by atoms with Gasteiger partial charge >= 0.3 is 0 Å². The lowest BCUT2D eigenvalue weighted by Gasteiger charge is -2.23. The van der Waals surface area contributed by atoms with Gasteiger partial charge in [0.2, 0.25) is 0 Å². The molecule has 0 radical (unpaired) electrons. The van der Waals surface area contributed by atoms with Gasteiger partial charge in [0.25, 0.3) is 0 Å². The summed E-state index contributed by atoms with van der Waals surface area (Å²) >= 11 is 7.96. The average molecular weight is 288 g/mol. The van der Waals surface area contributed by atoms with Crippen molar-refractivity contribution in [2.24, 2.45) is 5.92 Å². The van der Waals surface area contributed by atoms with Gasteiger partial charge in [0.15, 0.2) is 0 Å². The van der Waals surface area contributed by atoms with Crippen molar-refractivity contribution in [2.45, 2.75) is 24.3 Å². The normalized spacial score (nSPS) is 14.4. The molecule has 2 atom stereocenters. The largest absolute Gasteiger partial charge is 0.385 e. The molecular formula is C14H22ClNOS. The van der Waals surface area contributed by atoms with E-state index in [1.54, 1.807) is 18.9 Å². The van der Waals surface area contributed by atoms with E-state index in [1.165, 1.54) is 0 Å². The summed E-state index contributed by atoms with van der Waals surface area (Å²) in [5.74, 6) is 1.61. The van der Waals surface area contributed by atoms with Gasteiger partial charge in [-0.25, -0.2) is 0 Å². The van der Waals surface area contributed by atoms with Crippen molar-refractivity contribution in [3.8, 4) is 0 Å². The first kappa shape index (κ1) is 15.8. The molecule has 0 fully saturated rings. The third-order valence-corrected chi connectivity index (χ3v) is 4.72. The summed E-state index contributed by atoms with van der Waals surface area (Å²) < 4.78 is 5.13. The van der Waals surface area contributed by atoms with Gasteiger partial charge in [-0.3, -0.25) is 0 Å². The number of rotatable bonds is 8. The SMILES string of the molecule is CNC(CSc1ccccc1Cl)C(C)CCOC. The van der Waals surface area contributed by atoms with Crippen LogP contribution in [0.2, 0.25) is 5.02 Å². The Bertz CT molecular complexity index is 348. The maximum atomic E-state index is 6.15. The van der Waals surface area contributed by atoms with Crippen LogP contribution in [0.15, 0.2) is 29.2 Å². The summed E-state index contributed by atoms with van der Waals surface area (Å²) in [4.78, 5) is 1.15. The van der Waals surface area contributed by atoms with Crippen molar-refractivity contribution < 1.29 is 4.74 Å². The molecule has 0 heterocycles. The molecule has 1 aromatic carbocycles. The van der Waals surface area contributed by atoms with Crippen LogP contribution in [-0.2, 0) is 4.74 Å². The summed E-state index contributed by atoms with van der Waals surface area (Å²) in [6, 6.07) is 8.47. The van der Waals surface area contributed by atoms with Gasteiger partial charge in [-0.2, -0.15) is 0 Å². The van der Waals surface area contributed by atoms with Gasteiger partial charge in [-0.1, -0.05) is 30.7 Å². The van der Waals surface area contributed by atoms with E-state index >= 15 is 0 Å². The Morgan fingerprint density at radius 1 is 1.39 bits per heavy atom. The first-order valence-corrected chi connectivity index (χ1v) is 7.59. The lowest BCUT2D eigenvalue weighted by atomic mass is 10.0. The average Bonchev–Trinajstić information content (AvgIpc) is 2.39. The molecule has 0 aromatic heterocycles. The highest BCUT2D eigenvalue weighted by Crippen LogP contribution is 2.28. The summed E-state index contributed by atoms with van der Waals surface area (Å²) in [6.07, 6.45) is 1.07. The Morgan fingerprint density at radius 2 is 2.11 bits per heavy atom. The monoisotopic (exact) mass is 287 g/mol. The molecule has 2 nitrogen and oxygen atoms in total. The van der Waals surface area contributed by atoms with Gasteiger partial charge in [0.1, 0.15) is 0 Å². The van der Waals surface area contributed by atoms with E-state index in [-0.39, 0.29) is 0 Å². The van der Waals surface area contributed by atoms with Gasteiger partial charge in [0, 0.05) is 30.4 Å². The quantitative estimate of drug-likeness (QED) is 0.737. The predicted octanol–water partition coefficient (Wildman–Crippen LogP) is 3.69. The summed E-state index contributed by atoms with van der Waals surface area (Å²) in [7, 11) is 3.76. The van der Waals surface area contributed by atoms with E-state index < -0.39 is 0 Å². The lowest BCUT2D eigenvalue weighted by Crippen LogP contribution is -2.35. The summed E-state index contributed by atoms with van der Waals surface area (Å²) in [5.41, 5.74) is 0. The third kappa shape index (κ3) is 5.19. The van der Waals surface area contributed by atoms with Gasteiger partial charge in [0.05, 0.1) is 5.02 Å². The van der Waals surface area contributed by atoms with E-state index in [1.807, 2.05) is 25.2 Å². The maximum Gasteiger partial charge on any atom is 0.0541 e. The van der Waals surface area contributed by atoms with Crippen LogP contribution in [0.3, 0.4) is 0 Å².